The first-order valence-electron chi connectivity index (χ1n) is 9.11. The van der Waals surface area contributed by atoms with E-state index in [1.54, 1.807) is 30.0 Å². The minimum absolute atomic E-state index is 0.0152. The lowest BCUT2D eigenvalue weighted by atomic mass is 10.2. The van der Waals surface area contributed by atoms with Gasteiger partial charge in [0.25, 0.3) is 0 Å². The van der Waals surface area contributed by atoms with Gasteiger partial charge < -0.3 is 18.9 Å². The van der Waals surface area contributed by atoms with Crippen LogP contribution in [0, 0.1) is 0 Å². The molecule has 0 atom stereocenters. The number of aromatic nitrogens is 3. The minimum atomic E-state index is 0.0152. The van der Waals surface area contributed by atoms with Gasteiger partial charge in [0.05, 0.1) is 12.9 Å². The van der Waals surface area contributed by atoms with Crippen LogP contribution in [0.2, 0.25) is 0 Å². The van der Waals surface area contributed by atoms with Crippen LogP contribution in [-0.4, -0.2) is 45.5 Å². The Hall–Kier alpha value is -3.00. The van der Waals surface area contributed by atoms with Crippen LogP contribution in [0.5, 0.6) is 11.5 Å². The SMILES string of the molecule is COc1cc(CN(C)C(=O)CSc2nncn2C)ccc1OCc1ccccc1. The number of carbonyl (C=O) groups excluding carboxylic acids is 1. The van der Waals surface area contributed by atoms with Crippen LogP contribution in [0.25, 0.3) is 0 Å². The second-order valence-corrected chi connectivity index (χ2v) is 7.46. The van der Waals surface area contributed by atoms with Crippen molar-refractivity contribution in [3.05, 3.63) is 66.0 Å². The number of amides is 1. The van der Waals surface area contributed by atoms with Crippen molar-refractivity contribution in [1.82, 2.24) is 19.7 Å². The molecule has 7 nitrogen and oxygen atoms in total. The molecule has 0 spiro atoms. The molecule has 0 fully saturated rings. The number of hydrogen-bond donors (Lipinski definition) is 0. The van der Waals surface area contributed by atoms with Gasteiger partial charge in [-0.05, 0) is 23.3 Å². The maximum Gasteiger partial charge on any atom is 0.233 e. The fourth-order valence-electron chi connectivity index (χ4n) is 2.67. The van der Waals surface area contributed by atoms with Crippen LogP contribution in [0.4, 0.5) is 0 Å². The molecule has 29 heavy (non-hydrogen) atoms. The number of methoxy groups -OCH3 is 1. The lowest BCUT2D eigenvalue weighted by Gasteiger charge is -2.18. The number of aryl methyl sites for hydroxylation is 1. The zero-order valence-corrected chi connectivity index (χ0v) is 17.6. The van der Waals surface area contributed by atoms with Gasteiger partial charge in [-0.3, -0.25) is 4.79 Å². The lowest BCUT2D eigenvalue weighted by molar-refractivity contribution is -0.127. The molecular formula is C21H24N4O3S. The normalized spacial score (nSPS) is 10.6. The van der Waals surface area contributed by atoms with Crippen molar-refractivity contribution in [3.63, 3.8) is 0 Å². The molecule has 0 N–H and O–H groups in total. The Morgan fingerprint density at radius 2 is 1.93 bits per heavy atom. The van der Waals surface area contributed by atoms with E-state index in [0.717, 1.165) is 11.1 Å². The van der Waals surface area contributed by atoms with E-state index in [-0.39, 0.29) is 5.91 Å². The fourth-order valence-corrected chi connectivity index (χ4v) is 3.50. The molecule has 0 radical (unpaired) electrons. The predicted molar refractivity (Wildman–Crippen MR) is 112 cm³/mol. The highest BCUT2D eigenvalue weighted by Crippen LogP contribution is 2.29. The Labute approximate surface area is 174 Å². The van der Waals surface area contributed by atoms with Crippen molar-refractivity contribution in [1.29, 1.82) is 0 Å². The Morgan fingerprint density at radius 3 is 2.62 bits per heavy atom. The number of benzene rings is 2. The van der Waals surface area contributed by atoms with Crippen molar-refractivity contribution in [2.45, 2.75) is 18.3 Å². The van der Waals surface area contributed by atoms with E-state index in [1.165, 1.54) is 11.8 Å². The molecule has 3 rings (SSSR count). The van der Waals surface area contributed by atoms with Gasteiger partial charge >= 0.3 is 0 Å². The van der Waals surface area contributed by atoms with Gasteiger partial charge in [0.15, 0.2) is 16.7 Å². The molecular weight excluding hydrogens is 388 g/mol. The van der Waals surface area contributed by atoms with E-state index >= 15 is 0 Å². The molecule has 1 heterocycles. The number of nitrogens with zero attached hydrogens (tertiary/aromatic N) is 4. The molecule has 0 saturated carbocycles. The smallest absolute Gasteiger partial charge is 0.233 e. The fraction of sp³-hybridized carbons (Fsp3) is 0.286. The van der Waals surface area contributed by atoms with Gasteiger partial charge in [-0.25, -0.2) is 0 Å². The summed E-state index contributed by atoms with van der Waals surface area (Å²) in [5.41, 5.74) is 2.05. The van der Waals surface area contributed by atoms with Crippen LogP contribution >= 0.6 is 11.8 Å². The summed E-state index contributed by atoms with van der Waals surface area (Å²) < 4.78 is 13.2. The van der Waals surface area contributed by atoms with E-state index < -0.39 is 0 Å². The molecule has 0 saturated heterocycles. The van der Waals surface area contributed by atoms with Crippen LogP contribution in [0.1, 0.15) is 11.1 Å². The van der Waals surface area contributed by atoms with Crippen molar-refractivity contribution >= 4 is 17.7 Å². The first kappa shape index (κ1) is 20.7. The van der Waals surface area contributed by atoms with Gasteiger partial charge in [-0.15, -0.1) is 10.2 Å². The van der Waals surface area contributed by atoms with E-state index in [2.05, 4.69) is 10.2 Å². The molecule has 1 aromatic heterocycles. The largest absolute Gasteiger partial charge is 0.493 e. The maximum absolute atomic E-state index is 12.4. The van der Waals surface area contributed by atoms with Crippen molar-refractivity contribution in [3.8, 4) is 11.5 Å². The number of thioether (sulfide) groups is 1. The predicted octanol–water partition coefficient (Wildman–Crippen LogP) is 3.15. The van der Waals surface area contributed by atoms with E-state index in [1.807, 2.05) is 55.6 Å². The van der Waals surface area contributed by atoms with Gasteiger partial charge in [0.1, 0.15) is 12.9 Å². The highest BCUT2D eigenvalue weighted by Gasteiger charge is 2.13. The summed E-state index contributed by atoms with van der Waals surface area (Å²) in [7, 11) is 5.25. The summed E-state index contributed by atoms with van der Waals surface area (Å²) in [5, 5.41) is 8.51. The molecule has 0 bridgehead atoms. The Balaban J connectivity index is 1.57. The summed E-state index contributed by atoms with van der Waals surface area (Å²) in [6, 6.07) is 15.7. The van der Waals surface area contributed by atoms with Gasteiger partial charge in [0, 0.05) is 20.6 Å². The van der Waals surface area contributed by atoms with Gasteiger partial charge in [-0.2, -0.15) is 0 Å². The maximum atomic E-state index is 12.4. The first-order chi connectivity index (χ1) is 14.1. The third-order valence-corrected chi connectivity index (χ3v) is 5.32. The monoisotopic (exact) mass is 412 g/mol. The average molecular weight is 413 g/mol. The first-order valence-corrected chi connectivity index (χ1v) is 10.1. The Bertz CT molecular complexity index is 946. The molecule has 0 aliphatic heterocycles. The molecule has 8 heteroatoms. The molecule has 1 amide bonds. The molecule has 152 valence electrons. The molecule has 2 aromatic carbocycles. The van der Waals surface area contributed by atoms with Crippen LogP contribution in [-0.2, 0) is 25.0 Å². The summed E-state index contributed by atoms with van der Waals surface area (Å²) >= 11 is 1.37. The average Bonchev–Trinajstić information content (AvgIpc) is 3.16. The standard InChI is InChI=1S/C21H24N4O3S/c1-24(20(26)14-29-21-23-22-15-25(21)2)12-17-9-10-18(19(11-17)27-3)28-13-16-7-5-4-6-8-16/h4-11,15H,12-14H2,1-3H3. The highest BCUT2D eigenvalue weighted by atomic mass is 32.2. The minimum Gasteiger partial charge on any atom is -0.493 e. The van der Waals surface area contributed by atoms with Crippen molar-refractivity contribution in [2.75, 3.05) is 19.9 Å². The summed E-state index contributed by atoms with van der Waals surface area (Å²) in [4.78, 5) is 14.1. The number of carbonyl (C=O) groups is 1. The number of hydrogen-bond acceptors (Lipinski definition) is 6. The quantitative estimate of drug-likeness (QED) is 0.503. The second-order valence-electron chi connectivity index (χ2n) is 6.52. The highest BCUT2D eigenvalue weighted by molar-refractivity contribution is 7.99. The van der Waals surface area contributed by atoms with Crippen molar-refractivity contribution in [2.24, 2.45) is 7.05 Å². The summed E-state index contributed by atoms with van der Waals surface area (Å²) in [6.45, 7) is 0.946. The number of rotatable bonds is 9. The third-order valence-electron chi connectivity index (χ3n) is 4.31. The van der Waals surface area contributed by atoms with Crippen molar-refractivity contribution < 1.29 is 14.3 Å². The Morgan fingerprint density at radius 1 is 1.14 bits per heavy atom. The van der Waals surface area contributed by atoms with E-state index in [4.69, 9.17) is 9.47 Å². The summed E-state index contributed by atoms with van der Waals surface area (Å²) in [6.07, 6.45) is 1.62. The zero-order valence-electron chi connectivity index (χ0n) is 16.7. The molecule has 0 aliphatic carbocycles. The number of ether oxygens (including phenoxy) is 2. The Kier molecular flexibility index (Phi) is 7.13. The molecule has 0 aliphatic rings. The second kappa shape index (κ2) is 9.97. The van der Waals surface area contributed by atoms with Crippen LogP contribution < -0.4 is 9.47 Å². The molecule has 3 aromatic rings. The molecule has 0 unspecified atom stereocenters. The van der Waals surface area contributed by atoms with E-state index in [9.17, 15) is 4.79 Å². The lowest BCUT2D eigenvalue weighted by Crippen LogP contribution is -2.27. The van der Waals surface area contributed by atoms with Crippen LogP contribution in [0.3, 0.4) is 0 Å². The topological polar surface area (TPSA) is 69.5 Å². The summed E-state index contributed by atoms with van der Waals surface area (Å²) in [5.74, 6) is 1.64. The van der Waals surface area contributed by atoms with Crippen LogP contribution in [0.15, 0.2) is 60.0 Å². The zero-order chi connectivity index (χ0) is 20.6. The van der Waals surface area contributed by atoms with E-state index in [0.29, 0.717) is 35.6 Å². The van der Waals surface area contributed by atoms with Gasteiger partial charge in [0.2, 0.25) is 5.91 Å². The third kappa shape index (κ3) is 5.74. The van der Waals surface area contributed by atoms with Gasteiger partial charge in [-0.1, -0.05) is 48.2 Å².